The minimum Gasteiger partial charge on any atom is -0.403 e. The van der Waals surface area contributed by atoms with E-state index in [0.29, 0.717) is 12.3 Å². The highest BCUT2D eigenvalue weighted by Crippen LogP contribution is 2.42. The molecule has 0 unspecified atom stereocenters. The summed E-state index contributed by atoms with van der Waals surface area (Å²) >= 11 is 0. The van der Waals surface area contributed by atoms with Crippen molar-refractivity contribution in [1.29, 1.82) is 0 Å². The summed E-state index contributed by atoms with van der Waals surface area (Å²) < 4.78 is 54.4. The van der Waals surface area contributed by atoms with Gasteiger partial charge in [0.2, 0.25) is 0 Å². The van der Waals surface area contributed by atoms with E-state index < -0.39 is 17.9 Å². The summed E-state index contributed by atoms with van der Waals surface area (Å²) in [7, 11) is -0.0587. The van der Waals surface area contributed by atoms with Crippen molar-refractivity contribution in [3.63, 3.8) is 0 Å². The van der Waals surface area contributed by atoms with E-state index in [9.17, 15) is 17.6 Å². The Morgan fingerprint density at radius 2 is 1.65 bits per heavy atom. The van der Waals surface area contributed by atoms with E-state index in [2.05, 4.69) is 11.7 Å². The third kappa shape index (κ3) is 8.10. The van der Waals surface area contributed by atoms with Gasteiger partial charge in [-0.3, -0.25) is 0 Å². The van der Waals surface area contributed by atoms with E-state index in [-0.39, 0.29) is 8.80 Å². The molecule has 0 atom stereocenters. The maximum atomic E-state index is 13.9. The summed E-state index contributed by atoms with van der Waals surface area (Å²) in [4.78, 5) is 0. The van der Waals surface area contributed by atoms with E-state index >= 15 is 0 Å². The van der Waals surface area contributed by atoms with Crippen LogP contribution >= 0.6 is 0 Å². The van der Waals surface area contributed by atoms with Crippen molar-refractivity contribution in [3.05, 3.63) is 29.6 Å². The fourth-order valence-corrected chi connectivity index (χ4v) is 8.68. The number of unbranched alkanes of at least 4 members (excludes halogenated alkanes) is 2. The summed E-state index contributed by atoms with van der Waals surface area (Å²) in [6.07, 6.45) is 9.06. The first kappa shape index (κ1) is 24.6. The molecule has 3 rings (SSSR count). The highest BCUT2D eigenvalue weighted by Gasteiger charge is 2.33. The van der Waals surface area contributed by atoms with Crippen LogP contribution in [0.1, 0.15) is 76.7 Å². The van der Waals surface area contributed by atoms with Crippen molar-refractivity contribution in [1.82, 2.24) is 0 Å². The molecule has 1 saturated heterocycles. The van der Waals surface area contributed by atoms with E-state index in [0.717, 1.165) is 29.9 Å². The lowest BCUT2D eigenvalue weighted by molar-refractivity contribution is -0.275. The molecule has 2 fully saturated rings. The minimum absolute atomic E-state index is 0.0587. The Morgan fingerprint density at radius 3 is 2.26 bits per heavy atom. The van der Waals surface area contributed by atoms with E-state index in [4.69, 9.17) is 0 Å². The number of rotatable bonds is 9. The molecule has 0 aromatic heterocycles. The number of hydrogen-bond acceptors (Lipinski definition) is 1. The van der Waals surface area contributed by atoms with Gasteiger partial charge in [-0.2, -0.15) is 0 Å². The van der Waals surface area contributed by atoms with Crippen LogP contribution in [0.15, 0.2) is 18.2 Å². The van der Waals surface area contributed by atoms with Crippen LogP contribution in [0, 0.1) is 23.6 Å². The van der Waals surface area contributed by atoms with Gasteiger partial charge in [-0.1, -0.05) is 76.1 Å². The topological polar surface area (TPSA) is 9.23 Å². The molecule has 1 saturated carbocycles. The Kier molecular flexibility index (Phi) is 9.29. The van der Waals surface area contributed by atoms with Gasteiger partial charge >= 0.3 is 6.36 Å². The zero-order valence-corrected chi connectivity index (χ0v) is 19.8. The van der Waals surface area contributed by atoms with Gasteiger partial charge < -0.3 is 4.74 Å². The summed E-state index contributed by atoms with van der Waals surface area (Å²) in [5, 5.41) is 0. The molecule has 1 heterocycles. The molecule has 0 spiro atoms. The molecular weight excluding hydrogens is 420 g/mol. The standard InChI is InChI=1S/C25H37F4OSi/c1-2-3-4-15-31-16-13-22(14-17-31)21-10-7-19(8-11-21)5-6-20-9-12-24(23(26)18-20)30-25(27,28)29/h9,12,18-19,21-22H,2-8,10-11,13-17H2,1H3. The van der Waals surface area contributed by atoms with Gasteiger partial charge in [0.1, 0.15) is 0 Å². The Hall–Kier alpha value is -1.04. The minimum atomic E-state index is -4.86. The number of halogens is 4. The molecule has 175 valence electrons. The molecule has 2 aliphatic rings. The van der Waals surface area contributed by atoms with E-state index in [1.807, 2.05) is 0 Å². The van der Waals surface area contributed by atoms with Crippen LogP contribution in [0.4, 0.5) is 17.6 Å². The first-order valence-electron chi connectivity index (χ1n) is 12.2. The fraction of sp³-hybridized carbons (Fsp3) is 0.760. The molecule has 1 nitrogen and oxygen atoms in total. The predicted molar refractivity (Wildman–Crippen MR) is 119 cm³/mol. The Balaban J connectivity index is 1.36. The lowest BCUT2D eigenvalue weighted by atomic mass is 9.73. The largest absolute Gasteiger partial charge is 0.573 e. The maximum absolute atomic E-state index is 13.9. The van der Waals surface area contributed by atoms with Crippen molar-refractivity contribution in [2.24, 2.45) is 17.8 Å². The van der Waals surface area contributed by atoms with Crippen LogP contribution < -0.4 is 4.74 Å². The van der Waals surface area contributed by atoms with Crippen LogP contribution in [-0.4, -0.2) is 15.2 Å². The molecule has 31 heavy (non-hydrogen) atoms. The number of aryl methyl sites for hydroxylation is 1. The summed E-state index contributed by atoms with van der Waals surface area (Å²) in [5.41, 5.74) is 0.749. The van der Waals surface area contributed by atoms with E-state index in [1.165, 1.54) is 82.0 Å². The molecule has 1 aromatic rings. The van der Waals surface area contributed by atoms with Crippen LogP contribution in [0.5, 0.6) is 5.75 Å². The average molecular weight is 458 g/mol. The smallest absolute Gasteiger partial charge is 0.403 e. The summed E-state index contributed by atoms with van der Waals surface area (Å²) in [6.45, 7) is 2.28. The van der Waals surface area contributed by atoms with Gasteiger partial charge in [-0.05, 0) is 61.1 Å². The normalized spacial score (nSPS) is 23.8. The van der Waals surface area contributed by atoms with Gasteiger partial charge in [0.15, 0.2) is 11.6 Å². The quantitative estimate of drug-likeness (QED) is 0.205. The van der Waals surface area contributed by atoms with Gasteiger partial charge in [0.05, 0.1) is 0 Å². The number of benzene rings is 1. The second-order valence-corrected chi connectivity index (χ2v) is 12.7. The van der Waals surface area contributed by atoms with Crippen LogP contribution in [0.3, 0.4) is 0 Å². The molecule has 1 radical (unpaired) electrons. The van der Waals surface area contributed by atoms with Crippen molar-refractivity contribution >= 4 is 8.80 Å². The third-order valence-corrected chi connectivity index (χ3v) is 10.5. The Bertz CT molecular complexity index is 662. The summed E-state index contributed by atoms with van der Waals surface area (Å²) in [5.74, 6) is 0.802. The molecule has 6 heteroatoms. The van der Waals surface area contributed by atoms with E-state index in [1.54, 1.807) is 6.07 Å². The summed E-state index contributed by atoms with van der Waals surface area (Å²) in [6, 6.07) is 8.42. The predicted octanol–water partition coefficient (Wildman–Crippen LogP) is 8.56. The first-order valence-corrected chi connectivity index (χ1v) is 14.3. The van der Waals surface area contributed by atoms with Crippen molar-refractivity contribution in [3.8, 4) is 5.75 Å². The van der Waals surface area contributed by atoms with Crippen molar-refractivity contribution < 1.29 is 22.3 Å². The molecule has 1 aliphatic carbocycles. The van der Waals surface area contributed by atoms with Crippen LogP contribution in [-0.2, 0) is 6.42 Å². The van der Waals surface area contributed by atoms with Gasteiger partial charge in [-0.25, -0.2) is 4.39 Å². The van der Waals surface area contributed by atoms with Crippen LogP contribution in [0.25, 0.3) is 0 Å². The highest BCUT2D eigenvalue weighted by atomic mass is 28.3. The SMILES string of the molecule is CCCCC[Si]1CCC(C2CCC(CCc3ccc(OC(F)(F)F)c(F)c3)CC2)CC1. The zero-order chi connectivity index (χ0) is 22.3. The molecule has 0 bridgehead atoms. The van der Waals surface area contributed by atoms with Crippen molar-refractivity contribution in [2.45, 2.75) is 102 Å². The Labute approximate surface area is 186 Å². The van der Waals surface area contributed by atoms with Crippen molar-refractivity contribution in [2.75, 3.05) is 0 Å². The maximum Gasteiger partial charge on any atom is 0.573 e. The molecule has 0 N–H and O–H groups in total. The van der Waals surface area contributed by atoms with Crippen LogP contribution in [0.2, 0.25) is 18.1 Å². The molecular formula is C25H37F4OSi. The number of ether oxygens (including phenoxy) is 1. The number of hydrogen-bond donors (Lipinski definition) is 0. The van der Waals surface area contributed by atoms with Gasteiger partial charge in [-0.15, -0.1) is 13.2 Å². The second kappa shape index (κ2) is 11.7. The lowest BCUT2D eigenvalue weighted by Gasteiger charge is -2.37. The molecule has 1 aromatic carbocycles. The van der Waals surface area contributed by atoms with Gasteiger partial charge in [0.25, 0.3) is 0 Å². The number of alkyl halides is 3. The monoisotopic (exact) mass is 457 g/mol. The fourth-order valence-electron chi connectivity index (χ4n) is 5.62. The second-order valence-electron chi connectivity index (χ2n) is 9.68. The average Bonchev–Trinajstić information content (AvgIpc) is 2.74. The van der Waals surface area contributed by atoms with Gasteiger partial charge in [0, 0.05) is 8.80 Å². The third-order valence-electron chi connectivity index (χ3n) is 7.49. The Morgan fingerprint density at radius 1 is 0.968 bits per heavy atom. The lowest BCUT2D eigenvalue weighted by Crippen LogP contribution is -2.28. The molecule has 1 aliphatic heterocycles. The zero-order valence-electron chi connectivity index (χ0n) is 18.8. The highest BCUT2D eigenvalue weighted by molar-refractivity contribution is 6.58. The molecule has 0 amide bonds. The first-order chi connectivity index (χ1) is 14.8.